The van der Waals surface area contributed by atoms with Crippen molar-refractivity contribution in [2.24, 2.45) is 0 Å². The number of nitrogens with one attached hydrogen (secondary N) is 1. The van der Waals surface area contributed by atoms with Crippen LogP contribution in [0.3, 0.4) is 0 Å². The lowest BCUT2D eigenvalue weighted by atomic mass is 9.96. The molecule has 1 amide bonds. The number of benzene rings is 1. The smallest absolute Gasteiger partial charge is 0.259 e. The summed E-state index contributed by atoms with van der Waals surface area (Å²) in [7, 11) is 1.96. The minimum atomic E-state index is 0.0181. The molecule has 2 aromatic rings. The number of fused-ring (bicyclic) bond motifs is 1. The van der Waals surface area contributed by atoms with E-state index in [4.69, 9.17) is 0 Å². The first-order valence-electron chi connectivity index (χ1n) is 7.21. The summed E-state index contributed by atoms with van der Waals surface area (Å²) < 4.78 is 0. The van der Waals surface area contributed by atoms with Crippen LogP contribution < -0.4 is 10.2 Å². The fraction of sp³-hybridized carbons (Fsp3) is 0.294. The molecule has 1 aliphatic rings. The molecule has 1 aliphatic heterocycles. The number of pyridine rings is 1. The number of para-hydroxylation sites is 1. The summed E-state index contributed by atoms with van der Waals surface area (Å²) in [4.78, 5) is 18.8. The lowest BCUT2D eigenvalue weighted by molar-refractivity contribution is 0.0983. The number of anilines is 1. The van der Waals surface area contributed by atoms with Crippen molar-refractivity contribution in [3.63, 3.8) is 0 Å². The zero-order valence-electron chi connectivity index (χ0n) is 12.3. The average Bonchev–Trinajstić information content (AvgIpc) is 2.54. The van der Waals surface area contributed by atoms with E-state index in [2.05, 4.69) is 16.4 Å². The molecule has 1 atom stereocenters. The number of hydrogen-bond acceptors (Lipinski definition) is 3. The van der Waals surface area contributed by atoms with Crippen molar-refractivity contribution in [1.82, 2.24) is 10.3 Å². The fourth-order valence-corrected chi connectivity index (χ4v) is 2.82. The van der Waals surface area contributed by atoms with Gasteiger partial charge in [-0.2, -0.15) is 0 Å². The van der Waals surface area contributed by atoms with E-state index in [1.165, 1.54) is 5.56 Å². The molecule has 2 heterocycles. The highest BCUT2D eigenvalue weighted by Gasteiger charge is 2.28. The molecule has 0 aliphatic carbocycles. The highest BCUT2D eigenvalue weighted by molar-refractivity contribution is 6.06. The third-order valence-electron chi connectivity index (χ3n) is 4.00. The van der Waals surface area contributed by atoms with Gasteiger partial charge in [0.2, 0.25) is 0 Å². The van der Waals surface area contributed by atoms with E-state index in [1.54, 1.807) is 6.20 Å². The normalized spacial score (nSPS) is 17.4. The summed E-state index contributed by atoms with van der Waals surface area (Å²) in [6.45, 7) is 2.64. The van der Waals surface area contributed by atoms with Crippen LogP contribution in [-0.4, -0.2) is 24.5 Å². The van der Waals surface area contributed by atoms with Gasteiger partial charge in [-0.05, 0) is 44.2 Å². The van der Waals surface area contributed by atoms with Crippen LogP contribution in [0.2, 0.25) is 0 Å². The molecular formula is C17H19N3O. The van der Waals surface area contributed by atoms with Crippen molar-refractivity contribution in [2.45, 2.75) is 19.4 Å². The van der Waals surface area contributed by atoms with E-state index in [9.17, 15) is 4.79 Å². The molecule has 0 spiro atoms. The molecule has 1 N–H and O–H groups in total. The zero-order valence-corrected chi connectivity index (χ0v) is 12.3. The van der Waals surface area contributed by atoms with E-state index in [-0.39, 0.29) is 5.91 Å². The number of hydrogen-bond donors (Lipinski definition) is 1. The predicted octanol–water partition coefficient (Wildman–Crippen LogP) is 2.70. The lowest BCUT2D eigenvalue weighted by Gasteiger charge is -2.34. The molecule has 3 rings (SSSR count). The maximum atomic E-state index is 12.7. The SMILES string of the molecule is CNC1CCN(C(=O)c2ccc(C)nc2)c2ccccc21. The summed E-state index contributed by atoms with van der Waals surface area (Å²) >= 11 is 0. The van der Waals surface area contributed by atoms with Crippen molar-refractivity contribution in [3.8, 4) is 0 Å². The average molecular weight is 281 g/mol. The Morgan fingerprint density at radius 2 is 2.10 bits per heavy atom. The van der Waals surface area contributed by atoms with Crippen LogP contribution in [0.15, 0.2) is 42.6 Å². The molecule has 21 heavy (non-hydrogen) atoms. The third kappa shape index (κ3) is 2.54. The van der Waals surface area contributed by atoms with Crippen molar-refractivity contribution < 1.29 is 4.79 Å². The van der Waals surface area contributed by atoms with Gasteiger partial charge in [-0.15, -0.1) is 0 Å². The number of aromatic nitrogens is 1. The maximum Gasteiger partial charge on any atom is 0.259 e. The van der Waals surface area contributed by atoms with Gasteiger partial charge < -0.3 is 10.2 Å². The van der Waals surface area contributed by atoms with E-state index in [0.29, 0.717) is 11.6 Å². The van der Waals surface area contributed by atoms with Crippen molar-refractivity contribution in [2.75, 3.05) is 18.5 Å². The molecule has 4 nitrogen and oxygen atoms in total. The Bertz CT molecular complexity index is 651. The van der Waals surface area contributed by atoms with Gasteiger partial charge in [-0.3, -0.25) is 9.78 Å². The topological polar surface area (TPSA) is 45.2 Å². The molecule has 0 bridgehead atoms. The van der Waals surface area contributed by atoms with Crippen LogP contribution in [0.4, 0.5) is 5.69 Å². The monoisotopic (exact) mass is 281 g/mol. The van der Waals surface area contributed by atoms with Crippen molar-refractivity contribution >= 4 is 11.6 Å². The Hall–Kier alpha value is -2.20. The second-order valence-electron chi connectivity index (χ2n) is 5.33. The number of amides is 1. The molecule has 0 saturated heterocycles. The Balaban J connectivity index is 1.96. The lowest BCUT2D eigenvalue weighted by Crippen LogP contribution is -2.39. The second kappa shape index (κ2) is 5.66. The molecule has 108 valence electrons. The van der Waals surface area contributed by atoms with Crippen LogP contribution in [0.25, 0.3) is 0 Å². The molecule has 1 unspecified atom stereocenters. The summed E-state index contributed by atoms with van der Waals surface area (Å²) in [5.74, 6) is 0.0181. The quantitative estimate of drug-likeness (QED) is 0.920. The predicted molar refractivity (Wildman–Crippen MR) is 83.5 cm³/mol. The minimum Gasteiger partial charge on any atom is -0.313 e. The highest BCUT2D eigenvalue weighted by atomic mass is 16.2. The van der Waals surface area contributed by atoms with Crippen LogP contribution >= 0.6 is 0 Å². The van der Waals surface area contributed by atoms with E-state index in [1.807, 2.05) is 49.2 Å². The Labute approximate surface area is 124 Å². The van der Waals surface area contributed by atoms with Gasteiger partial charge in [-0.1, -0.05) is 18.2 Å². The summed E-state index contributed by atoms with van der Waals surface area (Å²) in [5, 5.41) is 3.32. The van der Waals surface area contributed by atoms with E-state index >= 15 is 0 Å². The van der Waals surface area contributed by atoms with Crippen molar-refractivity contribution in [3.05, 3.63) is 59.4 Å². The molecule has 4 heteroatoms. The van der Waals surface area contributed by atoms with Gasteiger partial charge in [-0.25, -0.2) is 0 Å². The molecule has 1 aromatic carbocycles. The first-order valence-corrected chi connectivity index (χ1v) is 7.21. The van der Waals surface area contributed by atoms with Crippen LogP contribution in [0.5, 0.6) is 0 Å². The van der Waals surface area contributed by atoms with Gasteiger partial charge in [0.05, 0.1) is 5.56 Å². The Morgan fingerprint density at radius 3 is 2.81 bits per heavy atom. The van der Waals surface area contributed by atoms with Gasteiger partial charge in [0.25, 0.3) is 5.91 Å². The fourth-order valence-electron chi connectivity index (χ4n) is 2.82. The third-order valence-corrected chi connectivity index (χ3v) is 4.00. The Kier molecular flexibility index (Phi) is 3.71. The van der Waals surface area contributed by atoms with Gasteiger partial charge >= 0.3 is 0 Å². The van der Waals surface area contributed by atoms with Crippen LogP contribution in [0, 0.1) is 6.92 Å². The van der Waals surface area contributed by atoms with Crippen LogP contribution in [0.1, 0.15) is 34.1 Å². The summed E-state index contributed by atoms with van der Waals surface area (Å²) in [6, 6.07) is 12.1. The maximum absolute atomic E-state index is 12.7. The minimum absolute atomic E-state index is 0.0181. The summed E-state index contributed by atoms with van der Waals surface area (Å²) in [6.07, 6.45) is 2.57. The molecular weight excluding hydrogens is 262 g/mol. The van der Waals surface area contributed by atoms with Gasteiger partial charge in [0.1, 0.15) is 0 Å². The number of nitrogens with zero attached hydrogens (tertiary/aromatic N) is 2. The first kappa shape index (κ1) is 13.8. The van der Waals surface area contributed by atoms with Crippen molar-refractivity contribution in [1.29, 1.82) is 0 Å². The molecule has 1 aromatic heterocycles. The van der Waals surface area contributed by atoms with Gasteiger partial charge in [0, 0.05) is 30.2 Å². The number of carbonyl (C=O) groups is 1. The highest BCUT2D eigenvalue weighted by Crippen LogP contribution is 2.34. The van der Waals surface area contributed by atoms with E-state index < -0.39 is 0 Å². The number of rotatable bonds is 2. The number of carbonyl (C=O) groups excluding carboxylic acids is 1. The first-order chi connectivity index (χ1) is 10.2. The summed E-state index contributed by atoms with van der Waals surface area (Å²) in [5.41, 5.74) is 3.73. The number of aryl methyl sites for hydroxylation is 1. The van der Waals surface area contributed by atoms with Crippen LogP contribution in [-0.2, 0) is 0 Å². The second-order valence-corrected chi connectivity index (χ2v) is 5.33. The standard InChI is InChI=1S/C17H19N3O/c1-12-7-8-13(11-19-12)17(21)20-10-9-15(18-2)14-5-3-4-6-16(14)20/h3-8,11,15,18H,9-10H2,1-2H3. The largest absolute Gasteiger partial charge is 0.313 e. The van der Waals surface area contributed by atoms with Gasteiger partial charge in [0.15, 0.2) is 0 Å². The Morgan fingerprint density at radius 1 is 1.29 bits per heavy atom. The zero-order chi connectivity index (χ0) is 14.8. The molecule has 0 radical (unpaired) electrons. The molecule has 0 saturated carbocycles. The molecule has 0 fully saturated rings. The van der Waals surface area contributed by atoms with E-state index in [0.717, 1.165) is 24.3 Å².